The summed E-state index contributed by atoms with van der Waals surface area (Å²) in [7, 11) is 1.28. The second-order valence-corrected chi connectivity index (χ2v) is 4.34. The van der Waals surface area contributed by atoms with Crippen LogP contribution in [0.2, 0.25) is 0 Å². The lowest BCUT2D eigenvalue weighted by molar-refractivity contribution is -0.153. The molecule has 1 heterocycles. The Balaban J connectivity index is 2.86. The maximum absolute atomic E-state index is 12.0. The van der Waals surface area contributed by atoms with Gasteiger partial charge in [-0.05, 0) is 27.2 Å². The number of ether oxygens (including phenoxy) is 1. The van der Waals surface area contributed by atoms with E-state index in [0.717, 1.165) is 0 Å². The monoisotopic (exact) mass is 227 g/mol. The SMILES string of the molecule is COC(=O)C(C)N1CCC(C)(C(C)=O)C1=O. The number of hydrogen-bond acceptors (Lipinski definition) is 4. The van der Waals surface area contributed by atoms with Crippen molar-refractivity contribution in [1.82, 2.24) is 4.90 Å². The number of esters is 1. The smallest absolute Gasteiger partial charge is 0.328 e. The Hall–Kier alpha value is -1.39. The van der Waals surface area contributed by atoms with E-state index >= 15 is 0 Å². The van der Waals surface area contributed by atoms with Crippen LogP contribution >= 0.6 is 0 Å². The Morgan fingerprint density at radius 1 is 1.50 bits per heavy atom. The third-order valence-electron chi connectivity index (χ3n) is 3.37. The first-order chi connectivity index (χ1) is 7.34. The molecule has 1 aliphatic heterocycles. The van der Waals surface area contributed by atoms with Crippen LogP contribution in [0.3, 0.4) is 0 Å². The van der Waals surface area contributed by atoms with Crippen LogP contribution in [0, 0.1) is 5.41 Å². The number of ketones is 1. The van der Waals surface area contributed by atoms with Gasteiger partial charge in [0.1, 0.15) is 17.2 Å². The predicted octanol–water partition coefficient (Wildman–Crippen LogP) is 0.375. The van der Waals surface area contributed by atoms with Crippen LogP contribution in [0.1, 0.15) is 27.2 Å². The highest BCUT2D eigenvalue weighted by atomic mass is 16.5. The van der Waals surface area contributed by atoms with Gasteiger partial charge >= 0.3 is 5.97 Å². The van der Waals surface area contributed by atoms with Gasteiger partial charge < -0.3 is 9.64 Å². The Kier molecular flexibility index (Phi) is 3.35. The summed E-state index contributed by atoms with van der Waals surface area (Å²) >= 11 is 0. The fourth-order valence-electron chi connectivity index (χ4n) is 1.86. The molecule has 1 aliphatic rings. The molecule has 0 spiro atoms. The fraction of sp³-hybridized carbons (Fsp3) is 0.727. The summed E-state index contributed by atoms with van der Waals surface area (Å²) in [5.41, 5.74) is -0.970. The van der Waals surface area contributed by atoms with Crippen molar-refractivity contribution in [2.75, 3.05) is 13.7 Å². The van der Waals surface area contributed by atoms with Gasteiger partial charge in [0.05, 0.1) is 7.11 Å². The number of methoxy groups -OCH3 is 1. The molecule has 2 atom stereocenters. The van der Waals surface area contributed by atoms with Crippen molar-refractivity contribution in [1.29, 1.82) is 0 Å². The lowest BCUT2D eigenvalue weighted by Crippen LogP contribution is -2.44. The number of amides is 1. The van der Waals surface area contributed by atoms with Crippen molar-refractivity contribution in [3.05, 3.63) is 0 Å². The molecule has 0 aliphatic carbocycles. The third kappa shape index (κ3) is 1.81. The summed E-state index contributed by atoms with van der Waals surface area (Å²) in [5, 5.41) is 0. The summed E-state index contributed by atoms with van der Waals surface area (Å²) in [4.78, 5) is 36.2. The van der Waals surface area contributed by atoms with Crippen LogP contribution in [-0.2, 0) is 19.1 Å². The molecule has 0 aromatic carbocycles. The van der Waals surface area contributed by atoms with E-state index in [1.54, 1.807) is 13.8 Å². The quantitative estimate of drug-likeness (QED) is 0.516. The van der Waals surface area contributed by atoms with Gasteiger partial charge in [-0.2, -0.15) is 0 Å². The van der Waals surface area contributed by atoms with Crippen molar-refractivity contribution < 1.29 is 19.1 Å². The summed E-state index contributed by atoms with van der Waals surface area (Å²) in [6.07, 6.45) is 0.461. The van der Waals surface area contributed by atoms with Crippen LogP contribution in [0.5, 0.6) is 0 Å². The minimum atomic E-state index is -0.970. The zero-order valence-corrected chi connectivity index (χ0v) is 10.1. The normalized spacial score (nSPS) is 26.8. The van der Waals surface area contributed by atoms with Gasteiger partial charge in [0.2, 0.25) is 5.91 Å². The van der Waals surface area contributed by atoms with Crippen LogP contribution in [0.25, 0.3) is 0 Å². The van der Waals surface area contributed by atoms with Gasteiger partial charge in [-0.1, -0.05) is 0 Å². The van der Waals surface area contributed by atoms with E-state index in [9.17, 15) is 14.4 Å². The predicted molar refractivity (Wildman–Crippen MR) is 56.6 cm³/mol. The van der Waals surface area contributed by atoms with Gasteiger partial charge in [0.15, 0.2) is 0 Å². The Labute approximate surface area is 94.7 Å². The molecule has 1 fully saturated rings. The minimum Gasteiger partial charge on any atom is -0.467 e. The summed E-state index contributed by atoms with van der Waals surface area (Å²) in [5.74, 6) is -0.892. The van der Waals surface area contributed by atoms with Gasteiger partial charge in [-0.3, -0.25) is 9.59 Å². The molecular formula is C11H17NO4. The van der Waals surface area contributed by atoms with E-state index in [2.05, 4.69) is 4.74 Å². The number of likely N-dealkylation sites (tertiary alicyclic amines) is 1. The molecule has 0 aromatic heterocycles. The van der Waals surface area contributed by atoms with E-state index in [1.165, 1.54) is 18.9 Å². The second-order valence-electron chi connectivity index (χ2n) is 4.34. The molecule has 90 valence electrons. The first-order valence-electron chi connectivity index (χ1n) is 5.24. The lowest BCUT2D eigenvalue weighted by atomic mass is 9.85. The zero-order valence-electron chi connectivity index (χ0n) is 10.1. The van der Waals surface area contributed by atoms with E-state index < -0.39 is 17.4 Å². The highest BCUT2D eigenvalue weighted by molar-refractivity contribution is 6.06. The molecule has 1 amide bonds. The van der Waals surface area contributed by atoms with Crippen molar-refractivity contribution in [3.63, 3.8) is 0 Å². The number of rotatable bonds is 3. The first-order valence-corrected chi connectivity index (χ1v) is 5.24. The van der Waals surface area contributed by atoms with Gasteiger partial charge in [0.25, 0.3) is 0 Å². The van der Waals surface area contributed by atoms with Crippen LogP contribution < -0.4 is 0 Å². The number of hydrogen-bond donors (Lipinski definition) is 0. The molecule has 5 heteroatoms. The molecule has 5 nitrogen and oxygen atoms in total. The number of Topliss-reactive ketones (excluding diaryl/α,β-unsaturated/α-hetero) is 1. The average Bonchev–Trinajstić information content (AvgIpc) is 2.55. The third-order valence-corrected chi connectivity index (χ3v) is 3.37. The number of nitrogens with zero attached hydrogens (tertiary/aromatic N) is 1. The molecule has 0 saturated carbocycles. The van der Waals surface area contributed by atoms with Gasteiger partial charge in [-0.15, -0.1) is 0 Å². The minimum absolute atomic E-state index is 0.155. The molecule has 0 bridgehead atoms. The van der Waals surface area contributed by atoms with Crippen LogP contribution in [0.15, 0.2) is 0 Å². The highest BCUT2D eigenvalue weighted by Gasteiger charge is 2.48. The average molecular weight is 227 g/mol. The summed E-state index contributed by atoms with van der Waals surface area (Å²) in [6.45, 7) is 5.06. The Bertz CT molecular complexity index is 339. The van der Waals surface area contributed by atoms with Crippen LogP contribution in [0.4, 0.5) is 0 Å². The maximum atomic E-state index is 12.0. The first kappa shape index (κ1) is 12.7. The maximum Gasteiger partial charge on any atom is 0.328 e. The molecule has 0 N–H and O–H groups in total. The van der Waals surface area contributed by atoms with E-state index in [0.29, 0.717) is 13.0 Å². The van der Waals surface area contributed by atoms with Crippen molar-refractivity contribution in [2.24, 2.45) is 5.41 Å². The molecule has 16 heavy (non-hydrogen) atoms. The number of carbonyl (C=O) groups excluding carboxylic acids is 3. The topological polar surface area (TPSA) is 63.7 Å². The van der Waals surface area contributed by atoms with Gasteiger partial charge in [0, 0.05) is 6.54 Å². The summed E-state index contributed by atoms with van der Waals surface area (Å²) in [6, 6.07) is -0.626. The molecular weight excluding hydrogens is 210 g/mol. The Morgan fingerprint density at radius 3 is 2.44 bits per heavy atom. The second kappa shape index (κ2) is 4.23. The van der Waals surface area contributed by atoms with Gasteiger partial charge in [-0.25, -0.2) is 4.79 Å². The van der Waals surface area contributed by atoms with Crippen molar-refractivity contribution in [3.8, 4) is 0 Å². The van der Waals surface area contributed by atoms with E-state index in [1.807, 2.05) is 0 Å². The molecule has 0 radical (unpaired) electrons. The Morgan fingerprint density at radius 2 is 2.06 bits per heavy atom. The fourth-order valence-corrected chi connectivity index (χ4v) is 1.86. The van der Waals surface area contributed by atoms with Crippen molar-refractivity contribution in [2.45, 2.75) is 33.2 Å². The zero-order chi connectivity index (χ0) is 12.5. The van der Waals surface area contributed by atoms with Crippen molar-refractivity contribution >= 4 is 17.7 Å². The number of carbonyl (C=O) groups is 3. The van der Waals surface area contributed by atoms with Crippen LogP contribution in [-0.4, -0.2) is 42.3 Å². The standard InChI is InChI=1S/C11H17NO4/c1-7(9(14)16-4)12-6-5-11(3,8(2)13)10(12)15/h7H,5-6H2,1-4H3. The lowest BCUT2D eigenvalue weighted by Gasteiger charge is -2.24. The molecule has 1 saturated heterocycles. The molecule has 0 aromatic rings. The highest BCUT2D eigenvalue weighted by Crippen LogP contribution is 2.33. The summed E-state index contributed by atoms with van der Waals surface area (Å²) < 4.78 is 4.58. The van der Waals surface area contributed by atoms with E-state index in [-0.39, 0.29) is 11.7 Å². The molecule has 1 rings (SSSR count). The van der Waals surface area contributed by atoms with E-state index in [4.69, 9.17) is 0 Å². The molecule has 2 unspecified atom stereocenters. The largest absolute Gasteiger partial charge is 0.467 e.